The Kier molecular flexibility index (Phi) is 6.47. The molecule has 0 saturated heterocycles. The lowest BCUT2D eigenvalue weighted by Gasteiger charge is -2.18. The number of hydrogen-bond donors (Lipinski definition) is 0. The lowest BCUT2D eigenvalue weighted by molar-refractivity contribution is 0.665. The van der Waals surface area contributed by atoms with Gasteiger partial charge in [-0.3, -0.25) is 0 Å². The zero-order valence-electron chi connectivity index (χ0n) is 31.3. The number of rotatable bonds is 3. The topological polar surface area (TPSA) is 26.3 Å². The van der Waals surface area contributed by atoms with E-state index < -0.39 is 0 Å². The molecule has 0 aliphatic heterocycles. The first kappa shape index (κ1) is 31.5. The van der Waals surface area contributed by atoms with Crippen LogP contribution in [0.4, 0.5) is 0 Å². The summed E-state index contributed by atoms with van der Waals surface area (Å²) in [5, 5.41) is 16.6. The molecule has 0 bridgehead atoms. The van der Waals surface area contributed by atoms with E-state index in [1.165, 1.54) is 76.5 Å². The highest BCUT2D eigenvalue weighted by molar-refractivity contribution is 6.25. The van der Waals surface area contributed by atoms with Gasteiger partial charge in [-0.2, -0.15) is 0 Å². The van der Waals surface area contributed by atoms with Crippen molar-refractivity contribution in [3.05, 3.63) is 194 Å². The van der Waals surface area contributed by atoms with E-state index in [1.54, 1.807) is 0 Å². The molecule has 2 aromatic heterocycles. The van der Waals surface area contributed by atoms with E-state index in [4.69, 9.17) is 8.83 Å². The average molecular weight is 737 g/mol. The Morgan fingerprint density at radius 1 is 0.241 bits per heavy atom. The van der Waals surface area contributed by atoms with Crippen molar-refractivity contribution in [3.8, 4) is 33.4 Å². The van der Waals surface area contributed by atoms with Crippen LogP contribution < -0.4 is 0 Å². The Morgan fingerprint density at radius 2 is 0.690 bits per heavy atom. The molecule has 13 aromatic rings. The summed E-state index contributed by atoms with van der Waals surface area (Å²) in [4.78, 5) is 0. The fourth-order valence-corrected chi connectivity index (χ4v) is 9.68. The second kappa shape index (κ2) is 11.9. The molecule has 58 heavy (non-hydrogen) atoms. The first-order valence-electron chi connectivity index (χ1n) is 19.9. The van der Waals surface area contributed by atoms with Crippen LogP contribution >= 0.6 is 0 Å². The summed E-state index contributed by atoms with van der Waals surface area (Å²) >= 11 is 0. The SMILES string of the molecule is c1ccc2cc(-c3c4ccccc4c(-c4ccc5cc(-c6ccc7c(ccc8c7oc7ccc9c%10ccccc%10oc9c78)c6)ccc5c4)c4ccccc34)ccc2c1. The minimum atomic E-state index is 0.842. The molecule has 0 amide bonds. The zero-order valence-corrected chi connectivity index (χ0v) is 31.3. The number of para-hydroxylation sites is 1. The molecule has 0 aliphatic carbocycles. The molecule has 2 heterocycles. The normalized spacial score (nSPS) is 12.1. The van der Waals surface area contributed by atoms with Crippen molar-refractivity contribution >= 4 is 97.7 Å². The van der Waals surface area contributed by atoms with E-state index in [-0.39, 0.29) is 0 Å². The van der Waals surface area contributed by atoms with Crippen molar-refractivity contribution < 1.29 is 8.83 Å². The zero-order chi connectivity index (χ0) is 37.9. The van der Waals surface area contributed by atoms with Crippen LogP contribution in [0.15, 0.2) is 203 Å². The van der Waals surface area contributed by atoms with Crippen LogP contribution in [-0.4, -0.2) is 0 Å². The quantitative estimate of drug-likeness (QED) is 0.169. The summed E-state index contributed by atoms with van der Waals surface area (Å²) in [6.45, 7) is 0. The van der Waals surface area contributed by atoms with E-state index in [0.29, 0.717) is 0 Å². The maximum absolute atomic E-state index is 6.56. The Balaban J connectivity index is 0.915. The third kappa shape index (κ3) is 4.54. The minimum Gasteiger partial charge on any atom is -0.455 e. The molecule has 0 aliphatic rings. The highest BCUT2D eigenvalue weighted by Crippen LogP contribution is 2.45. The summed E-state index contributed by atoms with van der Waals surface area (Å²) in [5.74, 6) is 0. The van der Waals surface area contributed by atoms with Gasteiger partial charge in [0.25, 0.3) is 0 Å². The van der Waals surface area contributed by atoms with Gasteiger partial charge >= 0.3 is 0 Å². The molecule has 2 nitrogen and oxygen atoms in total. The van der Waals surface area contributed by atoms with Gasteiger partial charge in [0.1, 0.15) is 22.3 Å². The number of benzene rings is 11. The summed E-state index contributed by atoms with van der Waals surface area (Å²) < 4.78 is 13.0. The molecule has 13 rings (SSSR count). The lowest BCUT2D eigenvalue weighted by atomic mass is 9.85. The van der Waals surface area contributed by atoms with Crippen LogP contribution in [0, 0.1) is 0 Å². The van der Waals surface area contributed by atoms with Gasteiger partial charge in [0.2, 0.25) is 0 Å². The molecule has 0 unspecified atom stereocenters. The van der Waals surface area contributed by atoms with Crippen LogP contribution in [-0.2, 0) is 0 Å². The number of hydrogen-bond acceptors (Lipinski definition) is 2. The smallest absolute Gasteiger partial charge is 0.147 e. The molecule has 0 N–H and O–H groups in total. The van der Waals surface area contributed by atoms with E-state index in [1.807, 2.05) is 12.1 Å². The molecule has 268 valence electrons. The van der Waals surface area contributed by atoms with Crippen molar-refractivity contribution in [3.63, 3.8) is 0 Å². The van der Waals surface area contributed by atoms with Gasteiger partial charge in [-0.25, -0.2) is 0 Å². The van der Waals surface area contributed by atoms with Crippen molar-refractivity contribution in [1.82, 2.24) is 0 Å². The monoisotopic (exact) mass is 736 g/mol. The summed E-state index contributed by atoms with van der Waals surface area (Å²) in [6, 6.07) is 70.6. The molecule has 11 aromatic carbocycles. The van der Waals surface area contributed by atoms with E-state index >= 15 is 0 Å². The van der Waals surface area contributed by atoms with Gasteiger partial charge in [-0.15, -0.1) is 0 Å². The Hall–Kier alpha value is -7.68. The lowest BCUT2D eigenvalue weighted by Crippen LogP contribution is -1.91. The fraction of sp³-hybridized carbons (Fsp3) is 0. The molecule has 2 heteroatoms. The number of furan rings is 2. The van der Waals surface area contributed by atoms with Crippen molar-refractivity contribution in [2.24, 2.45) is 0 Å². The van der Waals surface area contributed by atoms with Gasteiger partial charge in [-0.1, -0.05) is 140 Å². The van der Waals surface area contributed by atoms with Gasteiger partial charge in [0.05, 0.1) is 5.39 Å². The van der Waals surface area contributed by atoms with Crippen molar-refractivity contribution in [2.75, 3.05) is 0 Å². The van der Waals surface area contributed by atoms with Gasteiger partial charge in [0.15, 0.2) is 0 Å². The van der Waals surface area contributed by atoms with E-state index in [0.717, 1.165) is 54.6 Å². The summed E-state index contributed by atoms with van der Waals surface area (Å²) in [6.07, 6.45) is 0. The molecule has 0 spiro atoms. The summed E-state index contributed by atoms with van der Waals surface area (Å²) in [5.41, 5.74) is 10.9. The molecular weight excluding hydrogens is 705 g/mol. The Morgan fingerprint density at radius 3 is 1.38 bits per heavy atom. The first-order chi connectivity index (χ1) is 28.7. The second-order valence-corrected chi connectivity index (χ2v) is 15.6. The van der Waals surface area contributed by atoms with E-state index in [9.17, 15) is 0 Å². The minimum absolute atomic E-state index is 0.842. The second-order valence-electron chi connectivity index (χ2n) is 15.6. The van der Waals surface area contributed by atoms with Crippen LogP contribution in [0.1, 0.15) is 0 Å². The Labute approximate surface area is 332 Å². The molecule has 0 fully saturated rings. The van der Waals surface area contributed by atoms with E-state index in [2.05, 4.69) is 182 Å². The van der Waals surface area contributed by atoms with Gasteiger partial charge in [0, 0.05) is 21.5 Å². The first-order valence-corrected chi connectivity index (χ1v) is 19.9. The predicted molar refractivity (Wildman–Crippen MR) is 245 cm³/mol. The summed E-state index contributed by atoms with van der Waals surface area (Å²) in [7, 11) is 0. The van der Waals surface area contributed by atoms with Crippen molar-refractivity contribution in [1.29, 1.82) is 0 Å². The van der Waals surface area contributed by atoms with Gasteiger partial charge in [-0.05, 0) is 136 Å². The van der Waals surface area contributed by atoms with Crippen LogP contribution in [0.2, 0.25) is 0 Å². The Bertz CT molecular complexity index is 3800. The fourth-order valence-electron chi connectivity index (χ4n) is 9.68. The maximum atomic E-state index is 6.56. The third-order valence-corrected chi connectivity index (χ3v) is 12.4. The molecule has 0 atom stereocenters. The van der Waals surface area contributed by atoms with Crippen LogP contribution in [0.3, 0.4) is 0 Å². The van der Waals surface area contributed by atoms with Crippen LogP contribution in [0.25, 0.3) is 131 Å². The van der Waals surface area contributed by atoms with Gasteiger partial charge < -0.3 is 8.83 Å². The highest BCUT2D eigenvalue weighted by atomic mass is 16.3. The molecular formula is C56H32O2. The standard InChI is InChI=1S/C56H32O2/c1-2-10-34-31-40(21-17-33(34)9-1)52-44-12-3-5-14-46(44)53(47-15-6-4-13-45(47)52)41-22-20-36-29-35(18-19-37(36)32-41)38-23-25-42-39(30-38)24-26-49-54-51(58-55(42)49)28-27-48-43-11-7-8-16-50(43)57-56(48)54/h1-32H. The third-order valence-electron chi connectivity index (χ3n) is 12.4. The van der Waals surface area contributed by atoms with Crippen molar-refractivity contribution in [2.45, 2.75) is 0 Å². The highest BCUT2D eigenvalue weighted by Gasteiger charge is 2.19. The maximum Gasteiger partial charge on any atom is 0.147 e. The molecule has 0 radical (unpaired) electrons. The molecule has 0 saturated carbocycles. The van der Waals surface area contributed by atoms with Crippen LogP contribution in [0.5, 0.6) is 0 Å². The number of fused-ring (bicyclic) bond motifs is 13. The average Bonchev–Trinajstić information content (AvgIpc) is 3.86. The predicted octanol–water partition coefficient (Wildman–Crippen LogP) is 16.3. The largest absolute Gasteiger partial charge is 0.455 e.